The van der Waals surface area contributed by atoms with Crippen molar-refractivity contribution in [1.29, 1.82) is 0 Å². The normalized spacial score (nSPS) is 12.1. The number of sulfonamides is 1. The van der Waals surface area contributed by atoms with E-state index >= 15 is 0 Å². The van der Waals surface area contributed by atoms with Gasteiger partial charge in [-0.05, 0) is 18.2 Å². The molecule has 20 heavy (non-hydrogen) atoms. The van der Waals surface area contributed by atoms with Crippen molar-refractivity contribution in [2.24, 2.45) is 7.05 Å². The molecule has 0 unspecified atom stereocenters. The summed E-state index contributed by atoms with van der Waals surface area (Å²) >= 11 is 0.995. The molecule has 0 spiro atoms. The average Bonchev–Trinajstić information content (AvgIpc) is 3.04. The van der Waals surface area contributed by atoms with E-state index in [2.05, 4.69) is 18.6 Å². The van der Waals surface area contributed by atoms with Crippen LogP contribution in [-0.2, 0) is 23.6 Å². The first-order valence-corrected chi connectivity index (χ1v) is 7.97. The van der Waals surface area contributed by atoms with Crippen molar-refractivity contribution >= 4 is 32.8 Å². The largest absolute Gasteiger partial charge is 0.271 e. The van der Waals surface area contributed by atoms with E-state index in [1.807, 2.05) is 0 Å². The molecule has 0 fully saturated rings. The van der Waals surface area contributed by atoms with Crippen LogP contribution in [-0.4, -0.2) is 26.9 Å². The highest BCUT2D eigenvalue weighted by atomic mass is 32.2. The van der Waals surface area contributed by atoms with Gasteiger partial charge in [-0.15, -0.1) is 0 Å². The summed E-state index contributed by atoms with van der Waals surface area (Å²) in [5, 5.41) is 3.99. The maximum atomic E-state index is 12.3. The van der Waals surface area contributed by atoms with Crippen LogP contribution in [0.3, 0.4) is 0 Å². The third-order valence-electron chi connectivity index (χ3n) is 2.90. The Bertz CT molecular complexity index is 852. The molecule has 0 bridgehead atoms. The summed E-state index contributed by atoms with van der Waals surface area (Å²) < 4.78 is 36.9. The maximum absolute atomic E-state index is 12.3. The lowest BCUT2D eigenvalue weighted by Gasteiger charge is -2.07. The highest BCUT2D eigenvalue weighted by Gasteiger charge is 2.19. The van der Waals surface area contributed by atoms with Crippen LogP contribution in [0, 0.1) is 0 Å². The molecule has 3 rings (SSSR count). The van der Waals surface area contributed by atoms with Crippen LogP contribution in [0.5, 0.6) is 0 Å². The number of nitrogens with one attached hydrogen (secondary N) is 1. The van der Waals surface area contributed by atoms with E-state index in [9.17, 15) is 8.42 Å². The second-order valence-corrected chi connectivity index (χ2v) is 6.42. The summed E-state index contributed by atoms with van der Waals surface area (Å²) in [6, 6.07) is 6.67. The molecule has 2 aromatic heterocycles. The van der Waals surface area contributed by atoms with Crippen LogP contribution in [0.25, 0.3) is 11.0 Å². The maximum Gasteiger partial charge on any atom is 0.243 e. The fourth-order valence-electron chi connectivity index (χ4n) is 1.82. The summed E-state index contributed by atoms with van der Waals surface area (Å²) in [5.74, 6) is 0. The summed E-state index contributed by atoms with van der Waals surface area (Å²) in [5.41, 5.74) is 1.76. The van der Waals surface area contributed by atoms with E-state index in [1.54, 1.807) is 36.1 Å². The van der Waals surface area contributed by atoms with Crippen molar-refractivity contribution in [3.8, 4) is 0 Å². The van der Waals surface area contributed by atoms with Crippen LogP contribution in [0.2, 0.25) is 0 Å². The number of aromatic nitrogens is 4. The molecule has 3 aromatic rings. The molecule has 7 nitrogen and oxygen atoms in total. The van der Waals surface area contributed by atoms with Crippen LogP contribution in [0.15, 0.2) is 35.4 Å². The van der Waals surface area contributed by atoms with Gasteiger partial charge in [0, 0.05) is 13.2 Å². The van der Waals surface area contributed by atoms with E-state index in [-0.39, 0.29) is 11.4 Å². The Hall–Kier alpha value is -1.84. The lowest BCUT2D eigenvalue weighted by atomic mass is 10.3. The quantitative estimate of drug-likeness (QED) is 0.773. The second kappa shape index (κ2) is 4.93. The third kappa shape index (κ3) is 2.30. The summed E-state index contributed by atoms with van der Waals surface area (Å²) in [7, 11) is -1.88. The molecule has 0 amide bonds. The first-order chi connectivity index (χ1) is 9.58. The molecule has 0 saturated carbocycles. The van der Waals surface area contributed by atoms with Crippen LogP contribution in [0.1, 0.15) is 5.69 Å². The third-order valence-corrected chi connectivity index (χ3v) is 4.88. The highest BCUT2D eigenvalue weighted by Crippen LogP contribution is 2.20. The molecule has 0 aliphatic heterocycles. The molecule has 0 saturated heterocycles. The fraction of sp³-hybridized carbons (Fsp3) is 0.182. The van der Waals surface area contributed by atoms with Crippen molar-refractivity contribution in [2.45, 2.75) is 11.4 Å². The first-order valence-electron chi connectivity index (χ1n) is 5.76. The minimum atomic E-state index is -3.64. The van der Waals surface area contributed by atoms with Crippen LogP contribution >= 0.6 is 11.7 Å². The van der Waals surface area contributed by atoms with E-state index in [0.717, 1.165) is 17.4 Å². The Morgan fingerprint density at radius 3 is 2.90 bits per heavy atom. The predicted molar refractivity (Wildman–Crippen MR) is 74.6 cm³/mol. The van der Waals surface area contributed by atoms with Crippen LogP contribution in [0.4, 0.5) is 0 Å². The van der Waals surface area contributed by atoms with Gasteiger partial charge >= 0.3 is 0 Å². The number of hydrogen-bond acceptors (Lipinski definition) is 6. The number of aryl methyl sites for hydroxylation is 1. The van der Waals surface area contributed by atoms with Crippen molar-refractivity contribution in [3.63, 3.8) is 0 Å². The van der Waals surface area contributed by atoms with Crippen molar-refractivity contribution < 1.29 is 8.42 Å². The first kappa shape index (κ1) is 13.2. The van der Waals surface area contributed by atoms with Gasteiger partial charge in [0.15, 0.2) is 0 Å². The molecule has 0 aliphatic carbocycles. The Morgan fingerprint density at radius 1 is 1.30 bits per heavy atom. The van der Waals surface area contributed by atoms with Gasteiger partial charge in [0.25, 0.3) is 0 Å². The van der Waals surface area contributed by atoms with Gasteiger partial charge in [0.1, 0.15) is 15.9 Å². The Balaban J connectivity index is 1.92. The summed E-state index contributed by atoms with van der Waals surface area (Å²) in [6.07, 6.45) is 1.62. The molecule has 0 aliphatic rings. The molecule has 104 valence electrons. The van der Waals surface area contributed by atoms with Crippen molar-refractivity contribution in [2.75, 3.05) is 0 Å². The highest BCUT2D eigenvalue weighted by molar-refractivity contribution is 7.89. The van der Waals surface area contributed by atoms with Gasteiger partial charge in [-0.3, -0.25) is 4.68 Å². The molecule has 0 atom stereocenters. The number of benzene rings is 1. The number of hydrogen-bond donors (Lipinski definition) is 1. The Labute approximate surface area is 119 Å². The zero-order valence-corrected chi connectivity index (χ0v) is 12.1. The zero-order chi connectivity index (χ0) is 14.2. The Morgan fingerprint density at radius 2 is 2.15 bits per heavy atom. The fourth-order valence-corrected chi connectivity index (χ4v) is 3.58. The monoisotopic (exact) mass is 309 g/mol. The van der Waals surface area contributed by atoms with Crippen molar-refractivity contribution in [1.82, 2.24) is 23.2 Å². The van der Waals surface area contributed by atoms with Gasteiger partial charge in [0.2, 0.25) is 10.0 Å². The van der Waals surface area contributed by atoms with E-state index < -0.39 is 10.0 Å². The van der Waals surface area contributed by atoms with E-state index in [0.29, 0.717) is 11.0 Å². The minimum Gasteiger partial charge on any atom is -0.271 e. The van der Waals surface area contributed by atoms with Gasteiger partial charge in [-0.2, -0.15) is 13.8 Å². The number of fused-ring (bicyclic) bond motifs is 1. The SMILES string of the molecule is Cn1nccc1CNS(=O)(=O)c1cccc2nsnc12. The second-order valence-electron chi connectivity index (χ2n) is 4.16. The van der Waals surface area contributed by atoms with E-state index in [4.69, 9.17) is 0 Å². The van der Waals surface area contributed by atoms with Gasteiger partial charge in [-0.1, -0.05) is 6.07 Å². The topological polar surface area (TPSA) is 89.8 Å². The molecule has 0 radical (unpaired) electrons. The van der Waals surface area contributed by atoms with Gasteiger partial charge < -0.3 is 0 Å². The molecular formula is C11H11N5O2S2. The van der Waals surface area contributed by atoms with Crippen LogP contribution < -0.4 is 4.72 Å². The zero-order valence-electron chi connectivity index (χ0n) is 10.5. The van der Waals surface area contributed by atoms with Gasteiger partial charge in [-0.25, -0.2) is 13.1 Å². The number of nitrogens with zero attached hydrogens (tertiary/aromatic N) is 4. The molecular weight excluding hydrogens is 298 g/mol. The van der Waals surface area contributed by atoms with E-state index in [1.165, 1.54) is 6.07 Å². The van der Waals surface area contributed by atoms with Gasteiger partial charge in [0.05, 0.1) is 24.0 Å². The molecule has 9 heteroatoms. The average molecular weight is 309 g/mol. The minimum absolute atomic E-state index is 0.144. The van der Waals surface area contributed by atoms with Crippen molar-refractivity contribution in [3.05, 3.63) is 36.2 Å². The summed E-state index contributed by atoms with van der Waals surface area (Å²) in [6.45, 7) is 0.173. The molecule has 1 aromatic carbocycles. The predicted octanol–water partition coefficient (Wildman–Crippen LogP) is 0.903. The standard InChI is InChI=1S/C11H11N5O2S2/c1-16-8(5-6-12-16)7-13-20(17,18)10-4-2-3-9-11(10)15-19-14-9/h2-6,13H,7H2,1H3. The smallest absolute Gasteiger partial charge is 0.243 e. The molecule has 2 heterocycles. The Kier molecular flexibility index (Phi) is 3.24. The molecule has 1 N–H and O–H groups in total. The number of rotatable bonds is 4. The lowest BCUT2D eigenvalue weighted by Crippen LogP contribution is -2.24. The lowest BCUT2D eigenvalue weighted by molar-refractivity contribution is 0.578. The summed E-state index contributed by atoms with van der Waals surface area (Å²) in [4.78, 5) is 0.144.